The lowest BCUT2D eigenvalue weighted by molar-refractivity contribution is -0.394. The minimum Gasteiger partial charge on any atom is -0.390 e. The summed E-state index contributed by atoms with van der Waals surface area (Å²) in [5.74, 6) is -0.366. The largest absolute Gasteiger partial charge is 0.490 e. The number of nitro groups is 1. The maximum atomic E-state index is 10.5. The smallest absolute Gasteiger partial charge is 0.390 e. The van der Waals surface area contributed by atoms with Gasteiger partial charge in [-0.2, -0.15) is 4.68 Å². The zero-order chi connectivity index (χ0) is 16.9. The van der Waals surface area contributed by atoms with Crippen LogP contribution in [-0.2, 0) is 6.54 Å². The highest BCUT2D eigenvalue weighted by molar-refractivity contribution is 6.31. The number of unbranched alkanes of at least 4 members (excludes halogenated alkanes) is 1. The molecule has 0 radical (unpaired) electrons. The van der Waals surface area contributed by atoms with Crippen molar-refractivity contribution < 1.29 is 4.92 Å². The van der Waals surface area contributed by atoms with Gasteiger partial charge in [0, 0.05) is 33.9 Å². The molecule has 2 aromatic heterocycles. The summed E-state index contributed by atoms with van der Waals surface area (Å²) in [5.41, 5.74) is 1.86. The van der Waals surface area contributed by atoms with Gasteiger partial charge < -0.3 is 15.4 Å². The Hall–Kier alpha value is -2.45. The summed E-state index contributed by atoms with van der Waals surface area (Å²) in [7, 11) is 0. The molecule has 0 aliphatic carbocycles. The molecule has 25 heavy (non-hydrogen) atoms. The predicted octanol–water partition coefficient (Wildman–Crippen LogP) is 3.70. The first-order valence-corrected chi connectivity index (χ1v) is 7.83. The van der Waals surface area contributed by atoms with E-state index in [1.54, 1.807) is 6.20 Å². The van der Waals surface area contributed by atoms with Crippen molar-refractivity contribution in [1.29, 1.82) is 0 Å². The van der Waals surface area contributed by atoms with E-state index in [-0.39, 0.29) is 18.4 Å². The quantitative estimate of drug-likeness (QED) is 0.379. The van der Waals surface area contributed by atoms with Gasteiger partial charge in [0.15, 0.2) is 0 Å². The third-order valence-electron chi connectivity index (χ3n) is 3.52. The highest BCUT2D eigenvalue weighted by atomic mass is 35.5. The molecule has 0 aliphatic rings. The second-order valence-electron chi connectivity index (χ2n) is 5.22. The zero-order valence-electron chi connectivity index (χ0n) is 13.1. The maximum Gasteiger partial charge on any atom is 0.490 e. The van der Waals surface area contributed by atoms with Crippen LogP contribution >= 0.6 is 24.0 Å². The number of nitrogens with zero attached hydrogens (tertiary/aromatic N) is 5. The fraction of sp³-hybridized carbons (Fsp3) is 0.267. The summed E-state index contributed by atoms with van der Waals surface area (Å²) >= 11 is 5.98. The van der Waals surface area contributed by atoms with Gasteiger partial charge in [-0.25, -0.2) is 0 Å². The van der Waals surface area contributed by atoms with Crippen molar-refractivity contribution in [2.24, 2.45) is 0 Å². The number of anilines is 1. The standard InChI is InChI=1S/C15H15ClN6O2.ClH/c16-11-3-4-12-13(5-7-18-14(12)9-11)17-6-1-2-8-21-10-19-15(20-21)22(23)24;/h3-5,7,9-10H,1-2,6,8H2,(H,17,18);1H. The summed E-state index contributed by atoms with van der Waals surface area (Å²) in [5, 5.41) is 19.4. The molecule has 8 nitrogen and oxygen atoms in total. The molecule has 2 heterocycles. The van der Waals surface area contributed by atoms with Crippen molar-refractivity contribution in [3.8, 4) is 0 Å². The summed E-state index contributed by atoms with van der Waals surface area (Å²) < 4.78 is 1.49. The monoisotopic (exact) mass is 382 g/mol. The fourth-order valence-electron chi connectivity index (χ4n) is 2.37. The summed E-state index contributed by atoms with van der Waals surface area (Å²) in [6.07, 6.45) is 4.86. The molecular formula is C15H16Cl2N6O2. The number of nitrogens with one attached hydrogen (secondary N) is 1. The van der Waals surface area contributed by atoms with E-state index in [0.29, 0.717) is 11.6 Å². The molecule has 132 valence electrons. The van der Waals surface area contributed by atoms with Crippen LogP contribution < -0.4 is 5.32 Å². The lowest BCUT2D eigenvalue weighted by Crippen LogP contribution is -2.05. The van der Waals surface area contributed by atoms with Crippen molar-refractivity contribution in [3.63, 3.8) is 0 Å². The topological polar surface area (TPSA) is 98.8 Å². The molecule has 0 bridgehead atoms. The third-order valence-corrected chi connectivity index (χ3v) is 3.76. The van der Waals surface area contributed by atoms with Crippen LogP contribution in [0.15, 0.2) is 36.8 Å². The van der Waals surface area contributed by atoms with Crippen LogP contribution in [0.25, 0.3) is 10.9 Å². The van der Waals surface area contributed by atoms with E-state index in [4.69, 9.17) is 11.6 Å². The van der Waals surface area contributed by atoms with E-state index >= 15 is 0 Å². The molecule has 0 spiro atoms. The van der Waals surface area contributed by atoms with Crippen LogP contribution in [-0.4, -0.2) is 31.2 Å². The third kappa shape index (κ3) is 4.77. The Kier molecular flexibility index (Phi) is 6.49. The molecule has 3 aromatic rings. The molecule has 0 unspecified atom stereocenters. The van der Waals surface area contributed by atoms with E-state index < -0.39 is 4.92 Å². The van der Waals surface area contributed by atoms with Gasteiger partial charge in [-0.3, -0.25) is 4.98 Å². The molecule has 0 saturated carbocycles. The van der Waals surface area contributed by atoms with Gasteiger partial charge in [0.2, 0.25) is 6.33 Å². The lowest BCUT2D eigenvalue weighted by Gasteiger charge is -2.09. The second kappa shape index (κ2) is 8.59. The van der Waals surface area contributed by atoms with Gasteiger partial charge in [0.05, 0.1) is 12.1 Å². The molecule has 0 fully saturated rings. The Morgan fingerprint density at radius 2 is 2.08 bits per heavy atom. The molecule has 1 aromatic carbocycles. The number of benzene rings is 1. The van der Waals surface area contributed by atoms with Gasteiger partial charge in [-0.15, -0.1) is 12.4 Å². The Balaban J connectivity index is 0.00000225. The fourth-order valence-corrected chi connectivity index (χ4v) is 2.54. The van der Waals surface area contributed by atoms with E-state index in [0.717, 1.165) is 36.0 Å². The van der Waals surface area contributed by atoms with Crippen LogP contribution in [0.3, 0.4) is 0 Å². The SMILES string of the molecule is Cl.O=[N+]([O-])c1ncn(CCCCNc2ccnc3cc(Cl)ccc23)n1. The van der Waals surface area contributed by atoms with E-state index in [2.05, 4.69) is 20.4 Å². The number of aryl methyl sites for hydroxylation is 1. The van der Waals surface area contributed by atoms with Crippen molar-refractivity contribution in [1.82, 2.24) is 19.7 Å². The van der Waals surface area contributed by atoms with Crippen LogP contribution in [0.5, 0.6) is 0 Å². The Morgan fingerprint density at radius 1 is 1.24 bits per heavy atom. The first-order chi connectivity index (χ1) is 11.6. The minimum absolute atomic E-state index is 0. The van der Waals surface area contributed by atoms with Gasteiger partial charge >= 0.3 is 5.95 Å². The molecule has 3 rings (SSSR count). The van der Waals surface area contributed by atoms with Crippen LogP contribution in [0, 0.1) is 10.1 Å². The molecule has 1 N–H and O–H groups in total. The second-order valence-corrected chi connectivity index (χ2v) is 5.66. The average Bonchev–Trinajstić information content (AvgIpc) is 3.03. The van der Waals surface area contributed by atoms with Gasteiger partial charge in [-0.1, -0.05) is 16.6 Å². The molecule has 10 heteroatoms. The van der Waals surface area contributed by atoms with Crippen LogP contribution in [0.4, 0.5) is 11.6 Å². The summed E-state index contributed by atoms with van der Waals surface area (Å²) in [6.45, 7) is 1.37. The lowest BCUT2D eigenvalue weighted by atomic mass is 10.2. The van der Waals surface area contributed by atoms with Crippen LogP contribution in [0.1, 0.15) is 12.8 Å². The summed E-state index contributed by atoms with van der Waals surface area (Å²) in [6, 6.07) is 7.55. The minimum atomic E-state index is -0.598. The number of hydrogen-bond donors (Lipinski definition) is 1. The maximum absolute atomic E-state index is 10.5. The number of rotatable bonds is 7. The Morgan fingerprint density at radius 3 is 2.84 bits per heavy atom. The van der Waals surface area contributed by atoms with Crippen molar-refractivity contribution in [2.45, 2.75) is 19.4 Å². The number of pyridine rings is 1. The normalized spacial score (nSPS) is 10.4. The van der Waals surface area contributed by atoms with Crippen molar-refractivity contribution in [2.75, 3.05) is 11.9 Å². The number of halogens is 2. The van der Waals surface area contributed by atoms with E-state index in [1.165, 1.54) is 11.0 Å². The van der Waals surface area contributed by atoms with Crippen molar-refractivity contribution in [3.05, 3.63) is 51.9 Å². The van der Waals surface area contributed by atoms with Gasteiger partial charge in [0.25, 0.3) is 0 Å². The molecule has 0 saturated heterocycles. The van der Waals surface area contributed by atoms with E-state index in [9.17, 15) is 10.1 Å². The Labute approximate surface area is 154 Å². The molecule has 0 atom stereocenters. The zero-order valence-corrected chi connectivity index (χ0v) is 14.7. The highest BCUT2D eigenvalue weighted by Gasteiger charge is 2.12. The number of hydrogen-bond acceptors (Lipinski definition) is 6. The molecule has 0 aliphatic heterocycles. The van der Waals surface area contributed by atoms with E-state index in [1.807, 2.05) is 24.3 Å². The highest BCUT2D eigenvalue weighted by Crippen LogP contribution is 2.24. The number of aromatic nitrogens is 4. The average molecular weight is 383 g/mol. The predicted molar refractivity (Wildman–Crippen MR) is 98.4 cm³/mol. The molecular weight excluding hydrogens is 367 g/mol. The van der Waals surface area contributed by atoms with Crippen LogP contribution in [0.2, 0.25) is 5.02 Å². The van der Waals surface area contributed by atoms with Crippen molar-refractivity contribution >= 4 is 46.5 Å². The number of fused-ring (bicyclic) bond motifs is 1. The van der Waals surface area contributed by atoms with Gasteiger partial charge in [-0.05, 0) is 42.0 Å². The summed E-state index contributed by atoms with van der Waals surface area (Å²) in [4.78, 5) is 17.8. The van der Waals surface area contributed by atoms with Gasteiger partial charge in [0.1, 0.15) is 0 Å². The first-order valence-electron chi connectivity index (χ1n) is 7.45. The first kappa shape index (κ1) is 18.9. The Bertz CT molecular complexity index is 870. The molecule has 0 amide bonds.